The average Bonchev–Trinajstić information content (AvgIpc) is 2.95. The highest BCUT2D eigenvalue weighted by Crippen LogP contribution is 2.23. The maximum absolute atomic E-state index is 12.2. The van der Waals surface area contributed by atoms with Gasteiger partial charge in [0.25, 0.3) is 11.2 Å². The number of aromatic nitrogens is 3. The van der Waals surface area contributed by atoms with Crippen molar-refractivity contribution in [3.8, 4) is 0 Å². The van der Waals surface area contributed by atoms with Crippen molar-refractivity contribution in [2.75, 3.05) is 5.32 Å². The van der Waals surface area contributed by atoms with Crippen LogP contribution >= 0.6 is 0 Å². The molecule has 1 aromatic carbocycles. The van der Waals surface area contributed by atoms with Crippen LogP contribution < -0.4 is 16.6 Å². The van der Waals surface area contributed by atoms with E-state index in [1.165, 1.54) is 42.9 Å². The summed E-state index contributed by atoms with van der Waals surface area (Å²) < 4.78 is 7.18. The topological polar surface area (TPSA) is 125 Å². The number of benzene rings is 1. The smallest absolute Gasteiger partial charge is 0.333 e. The lowest BCUT2D eigenvalue weighted by molar-refractivity contribution is -0.384. The Morgan fingerprint density at radius 3 is 2.43 bits per heavy atom. The molecule has 1 N–H and O–H groups in total. The van der Waals surface area contributed by atoms with Crippen LogP contribution in [0.25, 0.3) is 11.1 Å². The fourth-order valence-corrected chi connectivity index (χ4v) is 2.16. The van der Waals surface area contributed by atoms with E-state index in [4.69, 9.17) is 4.52 Å². The minimum atomic E-state index is -0.547. The lowest BCUT2D eigenvalue weighted by Crippen LogP contribution is -2.36. The Morgan fingerprint density at radius 1 is 1.17 bits per heavy atom. The molecule has 0 bridgehead atoms. The zero-order chi connectivity index (χ0) is 16.7. The molecule has 2 heterocycles. The summed E-state index contributed by atoms with van der Waals surface area (Å²) in [7, 11) is 2.82. The van der Waals surface area contributed by atoms with Gasteiger partial charge in [0, 0.05) is 31.9 Å². The normalized spacial score (nSPS) is 10.9. The Bertz CT molecular complexity index is 1030. The van der Waals surface area contributed by atoms with Crippen LogP contribution in [0.15, 0.2) is 38.4 Å². The predicted molar refractivity (Wildman–Crippen MR) is 80.9 cm³/mol. The summed E-state index contributed by atoms with van der Waals surface area (Å²) in [6, 6.07) is 5.59. The first-order valence-electron chi connectivity index (χ1n) is 6.47. The maximum Gasteiger partial charge on any atom is 0.333 e. The quantitative estimate of drug-likeness (QED) is 0.561. The van der Waals surface area contributed by atoms with Crippen LogP contribution in [0.3, 0.4) is 0 Å². The predicted octanol–water partition coefficient (Wildman–Crippen LogP) is 0.877. The van der Waals surface area contributed by atoms with E-state index >= 15 is 0 Å². The van der Waals surface area contributed by atoms with E-state index in [9.17, 15) is 19.7 Å². The van der Waals surface area contributed by atoms with E-state index in [2.05, 4.69) is 10.5 Å². The highest BCUT2D eigenvalue weighted by molar-refractivity contribution is 5.87. The molecule has 0 radical (unpaired) electrons. The number of hydrogen-bond donors (Lipinski definition) is 1. The number of non-ortho nitro benzene ring substituents is 1. The number of rotatable bonds is 3. The van der Waals surface area contributed by atoms with Gasteiger partial charge in [0.15, 0.2) is 5.82 Å². The molecule has 10 heteroatoms. The molecule has 3 aromatic rings. The van der Waals surface area contributed by atoms with Crippen LogP contribution in [0.2, 0.25) is 0 Å². The Morgan fingerprint density at radius 2 is 1.83 bits per heavy atom. The van der Waals surface area contributed by atoms with E-state index in [-0.39, 0.29) is 22.6 Å². The largest absolute Gasteiger partial charge is 0.337 e. The third kappa shape index (κ3) is 2.25. The van der Waals surface area contributed by atoms with Crippen molar-refractivity contribution in [2.45, 2.75) is 0 Å². The van der Waals surface area contributed by atoms with Crippen LogP contribution in [0.1, 0.15) is 0 Å². The van der Waals surface area contributed by atoms with Crippen LogP contribution in [0.4, 0.5) is 17.2 Å². The number of anilines is 2. The van der Waals surface area contributed by atoms with Crippen molar-refractivity contribution in [1.29, 1.82) is 0 Å². The molecule has 0 saturated heterocycles. The Kier molecular flexibility index (Phi) is 3.21. The van der Waals surface area contributed by atoms with Gasteiger partial charge in [-0.05, 0) is 12.1 Å². The molecule has 0 fully saturated rings. The molecular formula is C13H11N5O5. The minimum absolute atomic E-state index is 0.0440. The molecule has 2 aromatic heterocycles. The van der Waals surface area contributed by atoms with Gasteiger partial charge in [0.2, 0.25) is 5.71 Å². The van der Waals surface area contributed by atoms with Gasteiger partial charge in [-0.25, -0.2) is 4.79 Å². The number of nitro groups is 1. The Labute approximate surface area is 127 Å². The van der Waals surface area contributed by atoms with Crippen molar-refractivity contribution in [3.63, 3.8) is 0 Å². The Balaban J connectivity index is 2.09. The monoisotopic (exact) mass is 317 g/mol. The molecule has 0 atom stereocenters. The number of nitrogens with one attached hydrogen (secondary N) is 1. The van der Waals surface area contributed by atoms with Gasteiger partial charge in [0.1, 0.15) is 5.39 Å². The first-order chi connectivity index (χ1) is 10.9. The third-order valence-corrected chi connectivity index (χ3v) is 3.41. The van der Waals surface area contributed by atoms with E-state index in [0.29, 0.717) is 5.69 Å². The zero-order valence-corrected chi connectivity index (χ0v) is 12.1. The minimum Gasteiger partial charge on any atom is -0.337 e. The van der Waals surface area contributed by atoms with Crippen LogP contribution in [-0.4, -0.2) is 19.2 Å². The number of nitrogens with zero attached hydrogens (tertiary/aromatic N) is 4. The van der Waals surface area contributed by atoms with Gasteiger partial charge >= 0.3 is 5.69 Å². The number of hydrogen-bond acceptors (Lipinski definition) is 7. The molecule has 0 aliphatic heterocycles. The van der Waals surface area contributed by atoms with Crippen LogP contribution in [-0.2, 0) is 14.1 Å². The van der Waals surface area contributed by atoms with Gasteiger partial charge < -0.3 is 9.84 Å². The van der Waals surface area contributed by atoms with E-state index in [1.807, 2.05) is 0 Å². The average molecular weight is 317 g/mol. The summed E-state index contributed by atoms with van der Waals surface area (Å²) in [5, 5.41) is 17.4. The molecule has 10 nitrogen and oxygen atoms in total. The van der Waals surface area contributed by atoms with Gasteiger partial charge in [-0.15, -0.1) is 0 Å². The fourth-order valence-electron chi connectivity index (χ4n) is 2.16. The molecule has 0 aliphatic carbocycles. The second kappa shape index (κ2) is 5.09. The molecule has 118 valence electrons. The molecule has 23 heavy (non-hydrogen) atoms. The lowest BCUT2D eigenvalue weighted by atomic mass is 10.3. The molecule has 0 saturated carbocycles. The number of aryl methyl sites for hydroxylation is 1. The molecule has 0 amide bonds. The summed E-state index contributed by atoms with van der Waals surface area (Å²) in [4.78, 5) is 34.2. The SMILES string of the molecule is Cn1c(=O)c2c(Nc3ccc([N+](=O)[O-])cc3)noc2n(C)c1=O. The van der Waals surface area contributed by atoms with Crippen LogP contribution in [0.5, 0.6) is 0 Å². The van der Waals surface area contributed by atoms with Crippen molar-refractivity contribution in [2.24, 2.45) is 14.1 Å². The van der Waals surface area contributed by atoms with Gasteiger partial charge in [-0.3, -0.25) is 24.0 Å². The van der Waals surface area contributed by atoms with Crippen molar-refractivity contribution < 1.29 is 9.45 Å². The van der Waals surface area contributed by atoms with E-state index in [1.54, 1.807) is 0 Å². The molecular weight excluding hydrogens is 306 g/mol. The number of fused-ring (bicyclic) bond motifs is 1. The summed E-state index contributed by atoms with van der Waals surface area (Å²) >= 11 is 0. The zero-order valence-electron chi connectivity index (χ0n) is 12.1. The highest BCUT2D eigenvalue weighted by atomic mass is 16.6. The van der Waals surface area contributed by atoms with E-state index < -0.39 is 16.2 Å². The third-order valence-electron chi connectivity index (χ3n) is 3.41. The first kappa shape index (κ1) is 14.5. The highest BCUT2D eigenvalue weighted by Gasteiger charge is 2.18. The first-order valence-corrected chi connectivity index (χ1v) is 6.47. The summed E-state index contributed by atoms with van der Waals surface area (Å²) in [6.45, 7) is 0. The number of nitro benzene ring substituents is 1. The maximum atomic E-state index is 12.2. The van der Waals surface area contributed by atoms with Crippen molar-refractivity contribution in [1.82, 2.24) is 14.3 Å². The molecule has 0 spiro atoms. The van der Waals surface area contributed by atoms with Crippen molar-refractivity contribution >= 4 is 28.3 Å². The summed E-state index contributed by atoms with van der Waals surface area (Å²) in [6.07, 6.45) is 0. The van der Waals surface area contributed by atoms with Gasteiger partial charge in [-0.2, -0.15) is 0 Å². The van der Waals surface area contributed by atoms with Crippen LogP contribution in [0, 0.1) is 10.1 Å². The standard InChI is InChI=1S/C13H11N5O5/c1-16-11(19)9-10(15-23-12(9)17(2)13(16)20)14-7-3-5-8(6-4-7)18(21)22/h3-6H,1-2H3,(H,14,15). The second-order valence-corrected chi connectivity index (χ2v) is 4.85. The summed E-state index contributed by atoms with van der Waals surface area (Å²) in [5.41, 5.74) is -0.600. The summed E-state index contributed by atoms with van der Waals surface area (Å²) in [5.74, 6) is 0.130. The van der Waals surface area contributed by atoms with E-state index in [0.717, 1.165) is 4.57 Å². The van der Waals surface area contributed by atoms with Crippen molar-refractivity contribution in [3.05, 3.63) is 55.2 Å². The second-order valence-electron chi connectivity index (χ2n) is 4.85. The molecule has 3 rings (SSSR count). The van der Waals surface area contributed by atoms with Gasteiger partial charge in [0.05, 0.1) is 4.92 Å². The Hall–Kier alpha value is -3.43. The molecule has 0 aliphatic rings. The fraction of sp³-hybridized carbons (Fsp3) is 0.154. The molecule has 0 unspecified atom stereocenters. The van der Waals surface area contributed by atoms with Gasteiger partial charge in [-0.1, -0.05) is 5.16 Å². The lowest BCUT2D eigenvalue weighted by Gasteiger charge is -2.04.